The van der Waals surface area contributed by atoms with Crippen molar-refractivity contribution in [2.24, 2.45) is 5.92 Å². The maximum Gasteiger partial charge on any atom is 0.320 e. The normalized spacial score (nSPS) is 16.7. The monoisotopic (exact) mass is 351 g/mol. The van der Waals surface area contributed by atoms with Crippen LogP contribution in [0.4, 0.5) is 4.79 Å². The minimum Gasteiger partial charge on any atom is -0.324 e. The van der Waals surface area contributed by atoms with Crippen molar-refractivity contribution in [3.05, 3.63) is 66.0 Å². The van der Waals surface area contributed by atoms with Gasteiger partial charge in [0, 0.05) is 38.6 Å². The highest BCUT2D eigenvalue weighted by atomic mass is 16.2. The van der Waals surface area contributed by atoms with Crippen molar-refractivity contribution in [2.75, 3.05) is 19.6 Å². The van der Waals surface area contributed by atoms with Gasteiger partial charge in [-0.25, -0.2) is 4.79 Å². The van der Waals surface area contributed by atoms with Crippen molar-refractivity contribution in [2.45, 2.75) is 39.2 Å². The van der Waals surface area contributed by atoms with Crippen LogP contribution < -0.4 is 0 Å². The van der Waals surface area contributed by atoms with E-state index in [0.717, 1.165) is 50.9 Å². The number of aryl methyl sites for hydroxylation is 1. The molecule has 4 nitrogen and oxygen atoms in total. The highest BCUT2D eigenvalue weighted by molar-refractivity contribution is 5.74. The maximum atomic E-state index is 13.1. The molecule has 1 aromatic heterocycles. The summed E-state index contributed by atoms with van der Waals surface area (Å²) in [7, 11) is 0. The van der Waals surface area contributed by atoms with Gasteiger partial charge in [-0.2, -0.15) is 0 Å². The number of hydrogen-bond donors (Lipinski definition) is 0. The quantitative estimate of drug-likeness (QED) is 0.743. The van der Waals surface area contributed by atoms with Gasteiger partial charge >= 0.3 is 6.03 Å². The predicted octanol–water partition coefficient (Wildman–Crippen LogP) is 4.37. The van der Waals surface area contributed by atoms with Crippen LogP contribution in [0.3, 0.4) is 0 Å². The molecular formula is C22H29N3O. The number of carbonyl (C=O) groups is 1. The van der Waals surface area contributed by atoms with Gasteiger partial charge in [-0.3, -0.25) is 4.98 Å². The number of rotatable bonds is 7. The molecule has 1 aliphatic rings. The topological polar surface area (TPSA) is 36.4 Å². The molecule has 1 aromatic carbocycles. The Bertz CT molecular complexity index is 674. The number of amides is 2. The number of aromatic nitrogens is 1. The van der Waals surface area contributed by atoms with Gasteiger partial charge in [-0.05, 0) is 48.4 Å². The van der Waals surface area contributed by atoms with E-state index in [4.69, 9.17) is 0 Å². The van der Waals surface area contributed by atoms with Crippen LogP contribution >= 0.6 is 0 Å². The highest BCUT2D eigenvalue weighted by Crippen LogP contribution is 2.21. The molecule has 1 saturated heterocycles. The van der Waals surface area contributed by atoms with Crippen LogP contribution in [-0.2, 0) is 13.0 Å². The Balaban J connectivity index is 1.62. The number of benzene rings is 1. The third kappa shape index (κ3) is 5.07. The van der Waals surface area contributed by atoms with Gasteiger partial charge in [0.2, 0.25) is 0 Å². The number of urea groups is 1. The van der Waals surface area contributed by atoms with Crippen molar-refractivity contribution in [3.8, 4) is 0 Å². The molecule has 0 bridgehead atoms. The Labute approximate surface area is 156 Å². The summed E-state index contributed by atoms with van der Waals surface area (Å²) in [4.78, 5) is 21.2. The molecule has 0 saturated carbocycles. The van der Waals surface area contributed by atoms with E-state index in [-0.39, 0.29) is 6.03 Å². The molecule has 0 aliphatic carbocycles. The molecule has 4 heteroatoms. The Morgan fingerprint density at radius 1 is 1.15 bits per heavy atom. The fourth-order valence-electron chi connectivity index (χ4n) is 3.61. The summed E-state index contributed by atoms with van der Waals surface area (Å²) in [6.07, 6.45) is 7.86. The van der Waals surface area contributed by atoms with Crippen LogP contribution in [0.2, 0.25) is 0 Å². The standard InChI is InChI=1S/C22H29N3O/c1-2-19-12-16-25(17-19)22(26)24(18-21-10-13-23-14-11-21)15-6-9-20-7-4-3-5-8-20/h3-5,7-8,10-11,13-14,19H,2,6,9,12,15-18H2,1H3. The van der Waals surface area contributed by atoms with Crippen molar-refractivity contribution < 1.29 is 4.79 Å². The van der Waals surface area contributed by atoms with E-state index in [0.29, 0.717) is 12.5 Å². The average molecular weight is 351 g/mol. The minimum atomic E-state index is 0.186. The molecule has 1 fully saturated rings. The first kappa shape index (κ1) is 18.4. The second kappa shape index (κ2) is 9.37. The Hall–Kier alpha value is -2.36. The molecule has 0 spiro atoms. The zero-order chi connectivity index (χ0) is 18.2. The van der Waals surface area contributed by atoms with Crippen molar-refractivity contribution in [1.82, 2.24) is 14.8 Å². The molecule has 1 aliphatic heterocycles. The molecule has 2 amide bonds. The minimum absolute atomic E-state index is 0.186. The molecule has 3 rings (SSSR count). The zero-order valence-corrected chi connectivity index (χ0v) is 15.7. The molecule has 26 heavy (non-hydrogen) atoms. The van der Waals surface area contributed by atoms with Gasteiger partial charge in [0.05, 0.1) is 0 Å². The van der Waals surface area contributed by atoms with E-state index >= 15 is 0 Å². The summed E-state index contributed by atoms with van der Waals surface area (Å²) in [6, 6.07) is 14.7. The highest BCUT2D eigenvalue weighted by Gasteiger charge is 2.28. The van der Waals surface area contributed by atoms with Crippen molar-refractivity contribution >= 4 is 6.03 Å². The van der Waals surface area contributed by atoms with Crippen LogP contribution in [-0.4, -0.2) is 40.4 Å². The van der Waals surface area contributed by atoms with Crippen LogP contribution in [0.15, 0.2) is 54.9 Å². The molecule has 2 aromatic rings. The zero-order valence-electron chi connectivity index (χ0n) is 15.7. The van der Waals surface area contributed by atoms with Gasteiger partial charge in [-0.1, -0.05) is 43.7 Å². The summed E-state index contributed by atoms with van der Waals surface area (Å²) >= 11 is 0. The third-order valence-electron chi connectivity index (χ3n) is 5.26. The molecule has 2 heterocycles. The number of carbonyl (C=O) groups excluding carboxylic acids is 1. The molecule has 138 valence electrons. The Morgan fingerprint density at radius 3 is 2.62 bits per heavy atom. The lowest BCUT2D eigenvalue weighted by Gasteiger charge is -2.28. The van der Waals surface area contributed by atoms with E-state index in [9.17, 15) is 4.79 Å². The SMILES string of the molecule is CCC1CCN(C(=O)N(CCCc2ccccc2)Cc2ccncc2)C1. The molecule has 0 radical (unpaired) electrons. The van der Waals surface area contributed by atoms with Gasteiger partial charge < -0.3 is 9.80 Å². The van der Waals surface area contributed by atoms with Crippen LogP contribution in [0.25, 0.3) is 0 Å². The van der Waals surface area contributed by atoms with E-state index in [1.54, 1.807) is 12.4 Å². The Morgan fingerprint density at radius 2 is 1.92 bits per heavy atom. The molecule has 1 atom stereocenters. The number of pyridine rings is 1. The predicted molar refractivity (Wildman–Crippen MR) is 105 cm³/mol. The summed E-state index contributed by atoms with van der Waals surface area (Å²) in [5.74, 6) is 0.658. The summed E-state index contributed by atoms with van der Waals surface area (Å²) in [5, 5.41) is 0. The Kier molecular flexibility index (Phi) is 6.64. The van der Waals surface area contributed by atoms with Crippen LogP contribution in [0.5, 0.6) is 0 Å². The maximum absolute atomic E-state index is 13.1. The van der Waals surface area contributed by atoms with E-state index in [2.05, 4.69) is 36.2 Å². The molecule has 0 N–H and O–H groups in total. The fourth-order valence-corrected chi connectivity index (χ4v) is 3.61. The first-order valence-corrected chi connectivity index (χ1v) is 9.73. The lowest BCUT2D eigenvalue weighted by atomic mass is 10.1. The third-order valence-corrected chi connectivity index (χ3v) is 5.26. The first-order valence-electron chi connectivity index (χ1n) is 9.73. The lowest BCUT2D eigenvalue weighted by molar-refractivity contribution is 0.157. The van der Waals surface area contributed by atoms with Gasteiger partial charge in [0.1, 0.15) is 0 Å². The first-order chi connectivity index (χ1) is 12.8. The number of likely N-dealkylation sites (tertiary alicyclic amines) is 1. The van der Waals surface area contributed by atoms with E-state index in [1.807, 2.05) is 28.0 Å². The second-order valence-corrected chi connectivity index (χ2v) is 7.16. The molecule has 1 unspecified atom stereocenters. The average Bonchev–Trinajstić information content (AvgIpc) is 3.17. The number of hydrogen-bond acceptors (Lipinski definition) is 2. The summed E-state index contributed by atoms with van der Waals surface area (Å²) in [5.41, 5.74) is 2.47. The van der Waals surface area contributed by atoms with Crippen LogP contribution in [0.1, 0.15) is 37.3 Å². The van der Waals surface area contributed by atoms with E-state index < -0.39 is 0 Å². The lowest BCUT2D eigenvalue weighted by Crippen LogP contribution is -2.42. The van der Waals surface area contributed by atoms with Gasteiger partial charge in [0.15, 0.2) is 0 Å². The smallest absolute Gasteiger partial charge is 0.320 e. The summed E-state index contributed by atoms with van der Waals surface area (Å²) in [6.45, 7) is 5.45. The number of nitrogens with zero attached hydrogens (tertiary/aromatic N) is 3. The molecular weight excluding hydrogens is 322 g/mol. The van der Waals surface area contributed by atoms with E-state index in [1.165, 1.54) is 5.56 Å². The second-order valence-electron chi connectivity index (χ2n) is 7.16. The van der Waals surface area contributed by atoms with Gasteiger partial charge in [-0.15, -0.1) is 0 Å². The van der Waals surface area contributed by atoms with Gasteiger partial charge in [0.25, 0.3) is 0 Å². The largest absolute Gasteiger partial charge is 0.324 e. The summed E-state index contributed by atoms with van der Waals surface area (Å²) < 4.78 is 0. The van der Waals surface area contributed by atoms with Crippen molar-refractivity contribution in [3.63, 3.8) is 0 Å². The van der Waals surface area contributed by atoms with Crippen LogP contribution in [0, 0.1) is 5.92 Å². The van der Waals surface area contributed by atoms with Crippen molar-refractivity contribution in [1.29, 1.82) is 0 Å². The fraction of sp³-hybridized carbons (Fsp3) is 0.455.